The zero-order chi connectivity index (χ0) is 12.7. The highest BCUT2D eigenvalue weighted by atomic mass is 32.2. The number of nitrogens with one attached hydrogen (secondary N) is 1. The highest BCUT2D eigenvalue weighted by Gasteiger charge is 2.26. The zero-order valence-corrected chi connectivity index (χ0v) is 11.5. The molecule has 1 rings (SSSR count). The van der Waals surface area contributed by atoms with Gasteiger partial charge in [-0.05, 0) is 25.9 Å². The van der Waals surface area contributed by atoms with E-state index in [9.17, 15) is 8.42 Å². The molecule has 0 fully saturated rings. The molecule has 0 aliphatic carbocycles. The largest absolute Gasteiger partial charge is 0.317 e. The Balaban J connectivity index is 2.43. The molecule has 0 amide bonds. The molecule has 0 saturated heterocycles. The summed E-state index contributed by atoms with van der Waals surface area (Å²) in [5.74, 6) is 0. The van der Waals surface area contributed by atoms with Gasteiger partial charge in [-0.3, -0.25) is 0 Å². The monoisotopic (exact) mass is 261 g/mol. The maximum atomic E-state index is 12.1. The third-order valence-electron chi connectivity index (χ3n) is 2.82. The minimum absolute atomic E-state index is 0.500. The van der Waals surface area contributed by atoms with Crippen molar-refractivity contribution < 1.29 is 8.42 Å². The Morgan fingerprint density at radius 1 is 1.41 bits per heavy atom. The van der Waals surface area contributed by atoms with Gasteiger partial charge in [0.25, 0.3) is 10.2 Å². The Morgan fingerprint density at radius 3 is 2.76 bits per heavy atom. The molecule has 0 unspecified atom stereocenters. The zero-order valence-electron chi connectivity index (χ0n) is 10.7. The molecule has 0 spiro atoms. The van der Waals surface area contributed by atoms with Crippen molar-refractivity contribution in [3.8, 4) is 0 Å². The van der Waals surface area contributed by atoms with E-state index in [1.54, 1.807) is 7.05 Å². The van der Waals surface area contributed by atoms with E-state index in [1.165, 1.54) is 8.61 Å². The second-order valence-electron chi connectivity index (χ2n) is 4.15. The summed E-state index contributed by atoms with van der Waals surface area (Å²) in [6.45, 7) is 5.48. The van der Waals surface area contributed by atoms with Crippen LogP contribution >= 0.6 is 0 Å². The summed E-state index contributed by atoms with van der Waals surface area (Å²) < 4.78 is 27.3. The van der Waals surface area contributed by atoms with Crippen molar-refractivity contribution in [2.75, 3.05) is 39.8 Å². The number of nitrogens with zero attached hydrogens (tertiary/aromatic N) is 2. The lowest BCUT2D eigenvalue weighted by atomic mass is 10.3. The lowest BCUT2D eigenvalue weighted by Gasteiger charge is -2.28. The lowest BCUT2D eigenvalue weighted by Crippen LogP contribution is -2.44. The smallest absolute Gasteiger partial charge is 0.282 e. The van der Waals surface area contributed by atoms with E-state index < -0.39 is 10.2 Å². The fraction of sp³-hybridized carbons (Fsp3) is 0.818. The van der Waals surface area contributed by atoms with Crippen LogP contribution in [0, 0.1) is 0 Å². The molecule has 100 valence electrons. The molecule has 1 aliphatic rings. The van der Waals surface area contributed by atoms with Crippen LogP contribution in [0.4, 0.5) is 0 Å². The van der Waals surface area contributed by atoms with Crippen molar-refractivity contribution in [3.63, 3.8) is 0 Å². The minimum atomic E-state index is -3.26. The van der Waals surface area contributed by atoms with Gasteiger partial charge in [-0.2, -0.15) is 17.0 Å². The average molecular weight is 261 g/mol. The molecular weight excluding hydrogens is 238 g/mol. The summed E-state index contributed by atoms with van der Waals surface area (Å²) in [7, 11) is -1.61. The van der Waals surface area contributed by atoms with Crippen LogP contribution in [0.5, 0.6) is 0 Å². The highest BCUT2D eigenvalue weighted by Crippen LogP contribution is 2.11. The first-order chi connectivity index (χ1) is 8.09. The molecule has 1 N–H and O–H groups in total. The van der Waals surface area contributed by atoms with Gasteiger partial charge in [0.15, 0.2) is 0 Å². The Hall–Kier alpha value is -0.430. The molecule has 0 aromatic carbocycles. The molecule has 0 bridgehead atoms. The van der Waals surface area contributed by atoms with Crippen LogP contribution in [0.25, 0.3) is 0 Å². The van der Waals surface area contributed by atoms with Crippen LogP contribution in [0.2, 0.25) is 0 Å². The predicted molar refractivity (Wildman–Crippen MR) is 70.0 cm³/mol. The number of hydrogen-bond donors (Lipinski definition) is 1. The van der Waals surface area contributed by atoms with Gasteiger partial charge in [-0.25, -0.2) is 0 Å². The Labute approximate surface area is 105 Å². The van der Waals surface area contributed by atoms with Gasteiger partial charge >= 0.3 is 0 Å². The first-order valence-corrected chi connectivity index (χ1v) is 7.56. The van der Waals surface area contributed by atoms with Crippen LogP contribution < -0.4 is 5.32 Å². The minimum Gasteiger partial charge on any atom is -0.317 e. The SMILES string of the molecule is CCNCCCN(C)S(=O)(=O)N1CC=CCC1. The lowest BCUT2D eigenvalue weighted by molar-refractivity contribution is 0.370. The summed E-state index contributed by atoms with van der Waals surface area (Å²) in [5.41, 5.74) is 0. The van der Waals surface area contributed by atoms with E-state index in [0.717, 1.165) is 25.9 Å². The standard InChI is InChI=1S/C11H23N3O2S/c1-3-12-8-7-9-13(2)17(15,16)14-10-5-4-6-11-14/h4-5,12H,3,6-11H2,1-2H3. The summed E-state index contributed by atoms with van der Waals surface area (Å²) in [5, 5.41) is 3.19. The topological polar surface area (TPSA) is 52.7 Å². The number of hydrogen-bond acceptors (Lipinski definition) is 3. The van der Waals surface area contributed by atoms with Gasteiger partial charge in [0.2, 0.25) is 0 Å². The quantitative estimate of drug-likeness (QED) is 0.534. The van der Waals surface area contributed by atoms with E-state index in [0.29, 0.717) is 19.6 Å². The summed E-state index contributed by atoms with van der Waals surface area (Å²) in [6.07, 6.45) is 5.59. The maximum Gasteiger partial charge on any atom is 0.282 e. The van der Waals surface area contributed by atoms with Crippen molar-refractivity contribution in [1.29, 1.82) is 0 Å². The van der Waals surface area contributed by atoms with E-state index in [4.69, 9.17) is 0 Å². The molecule has 6 heteroatoms. The summed E-state index contributed by atoms with van der Waals surface area (Å²) in [6, 6.07) is 0. The van der Waals surface area contributed by atoms with Crippen LogP contribution in [0.1, 0.15) is 19.8 Å². The first kappa shape index (κ1) is 14.6. The Kier molecular flexibility index (Phi) is 6.11. The van der Waals surface area contributed by atoms with Gasteiger partial charge in [0, 0.05) is 26.7 Å². The first-order valence-electron chi connectivity index (χ1n) is 6.16. The van der Waals surface area contributed by atoms with Gasteiger partial charge in [-0.15, -0.1) is 0 Å². The third-order valence-corrected chi connectivity index (χ3v) is 4.77. The second kappa shape index (κ2) is 7.10. The van der Waals surface area contributed by atoms with Crippen molar-refractivity contribution in [1.82, 2.24) is 13.9 Å². The van der Waals surface area contributed by atoms with Crippen LogP contribution in [0.3, 0.4) is 0 Å². The van der Waals surface area contributed by atoms with Crippen molar-refractivity contribution >= 4 is 10.2 Å². The fourth-order valence-corrected chi connectivity index (χ4v) is 3.11. The van der Waals surface area contributed by atoms with Crippen molar-refractivity contribution in [3.05, 3.63) is 12.2 Å². The molecule has 0 aromatic rings. The predicted octanol–water partition coefficient (Wildman–Crippen LogP) is 0.425. The summed E-state index contributed by atoms with van der Waals surface area (Å²) in [4.78, 5) is 0. The molecule has 0 radical (unpaired) electrons. The molecule has 1 heterocycles. The van der Waals surface area contributed by atoms with E-state index in [1.807, 2.05) is 19.1 Å². The normalized spacial score (nSPS) is 17.8. The molecule has 0 aromatic heterocycles. The van der Waals surface area contributed by atoms with Crippen LogP contribution in [-0.2, 0) is 10.2 Å². The van der Waals surface area contributed by atoms with E-state index in [-0.39, 0.29) is 0 Å². The second-order valence-corrected chi connectivity index (χ2v) is 6.19. The molecular formula is C11H23N3O2S. The fourth-order valence-electron chi connectivity index (χ4n) is 1.75. The molecule has 0 saturated carbocycles. The van der Waals surface area contributed by atoms with E-state index in [2.05, 4.69) is 5.32 Å². The molecule has 17 heavy (non-hydrogen) atoms. The van der Waals surface area contributed by atoms with E-state index >= 15 is 0 Å². The van der Waals surface area contributed by atoms with Crippen LogP contribution in [-0.4, -0.2) is 56.8 Å². The number of rotatable bonds is 7. The summed E-state index contributed by atoms with van der Waals surface area (Å²) >= 11 is 0. The highest BCUT2D eigenvalue weighted by molar-refractivity contribution is 7.86. The maximum absolute atomic E-state index is 12.1. The Morgan fingerprint density at radius 2 is 2.18 bits per heavy atom. The van der Waals surface area contributed by atoms with Crippen molar-refractivity contribution in [2.45, 2.75) is 19.8 Å². The van der Waals surface area contributed by atoms with Gasteiger partial charge in [0.05, 0.1) is 0 Å². The van der Waals surface area contributed by atoms with Gasteiger partial charge in [0.1, 0.15) is 0 Å². The molecule has 0 atom stereocenters. The Bertz CT molecular complexity index is 341. The van der Waals surface area contributed by atoms with Gasteiger partial charge < -0.3 is 5.32 Å². The molecule has 5 nitrogen and oxygen atoms in total. The van der Waals surface area contributed by atoms with Crippen LogP contribution in [0.15, 0.2) is 12.2 Å². The average Bonchev–Trinajstić information content (AvgIpc) is 2.35. The molecule has 1 aliphatic heterocycles. The van der Waals surface area contributed by atoms with Crippen molar-refractivity contribution in [2.24, 2.45) is 0 Å². The van der Waals surface area contributed by atoms with Gasteiger partial charge in [-0.1, -0.05) is 19.1 Å². The third kappa shape index (κ3) is 4.39.